The Balaban J connectivity index is 3.88. The Morgan fingerprint density at radius 2 is 1.77 bits per heavy atom. The minimum absolute atomic E-state index is 0.101. The fourth-order valence-corrected chi connectivity index (χ4v) is 1.32. The summed E-state index contributed by atoms with van der Waals surface area (Å²) in [5.74, 6) is 0.944. The zero-order valence-electron chi connectivity index (χ0n) is 9.09. The van der Waals surface area contributed by atoms with E-state index < -0.39 is 0 Å². The molecule has 0 fully saturated rings. The fourth-order valence-electron chi connectivity index (χ4n) is 1.32. The normalized spacial score (nSPS) is 15.1. The van der Waals surface area contributed by atoms with Gasteiger partial charge in [-0.3, -0.25) is 4.79 Å². The quantitative estimate of drug-likeness (QED) is 0.636. The van der Waals surface area contributed by atoms with E-state index in [1.165, 1.54) is 0 Å². The maximum Gasteiger partial charge on any atom is 0.135 e. The van der Waals surface area contributed by atoms with E-state index in [-0.39, 0.29) is 11.7 Å². The summed E-state index contributed by atoms with van der Waals surface area (Å²) in [7, 11) is 0. The highest BCUT2D eigenvalue weighted by molar-refractivity contribution is 5.80. The second kappa shape index (κ2) is 5.90. The zero-order valence-corrected chi connectivity index (χ0v) is 9.09. The van der Waals surface area contributed by atoms with E-state index in [2.05, 4.69) is 0 Å². The largest absolute Gasteiger partial charge is 0.300 e. The first-order chi connectivity index (χ1) is 5.99. The lowest BCUT2D eigenvalue weighted by Gasteiger charge is -2.17. The van der Waals surface area contributed by atoms with Crippen LogP contribution in [0.3, 0.4) is 0 Å². The Labute approximate surface area is 80.7 Å². The predicted octanol–water partition coefficient (Wildman–Crippen LogP) is 2.61. The van der Waals surface area contributed by atoms with E-state index in [4.69, 9.17) is 0 Å². The molecule has 0 spiro atoms. The summed E-state index contributed by atoms with van der Waals surface area (Å²) in [6.45, 7) is 7.48. The van der Waals surface area contributed by atoms with Crippen LogP contribution in [0.2, 0.25) is 0 Å². The summed E-state index contributed by atoms with van der Waals surface area (Å²) >= 11 is 0. The minimum Gasteiger partial charge on any atom is -0.300 e. The van der Waals surface area contributed by atoms with Gasteiger partial charge >= 0.3 is 0 Å². The van der Waals surface area contributed by atoms with Gasteiger partial charge in [0.05, 0.1) is 0 Å². The number of ketones is 2. The van der Waals surface area contributed by atoms with Crippen LogP contribution >= 0.6 is 0 Å². The molecule has 2 unspecified atom stereocenters. The van der Waals surface area contributed by atoms with Crippen LogP contribution in [0.5, 0.6) is 0 Å². The third kappa shape index (κ3) is 4.81. The molecule has 0 saturated heterocycles. The van der Waals surface area contributed by atoms with Gasteiger partial charge < -0.3 is 4.79 Å². The van der Waals surface area contributed by atoms with Crippen molar-refractivity contribution in [3.05, 3.63) is 0 Å². The fraction of sp³-hybridized carbons (Fsp3) is 0.818. The van der Waals surface area contributed by atoms with Gasteiger partial charge in [0.1, 0.15) is 11.6 Å². The monoisotopic (exact) mass is 184 g/mol. The second-order valence-corrected chi connectivity index (χ2v) is 3.83. The summed E-state index contributed by atoms with van der Waals surface area (Å²) in [6.07, 6.45) is 2.04. The van der Waals surface area contributed by atoms with E-state index in [9.17, 15) is 9.59 Å². The topological polar surface area (TPSA) is 34.1 Å². The molecule has 0 bridgehead atoms. The molecule has 0 aliphatic carbocycles. The van der Waals surface area contributed by atoms with Gasteiger partial charge in [0, 0.05) is 18.8 Å². The minimum atomic E-state index is 0.101. The van der Waals surface area contributed by atoms with Gasteiger partial charge in [-0.2, -0.15) is 0 Å². The maximum atomic E-state index is 11.3. The Hall–Kier alpha value is -0.660. The molecule has 0 aromatic heterocycles. The van der Waals surface area contributed by atoms with Gasteiger partial charge in [0.15, 0.2) is 0 Å². The van der Waals surface area contributed by atoms with Crippen LogP contribution in [0.4, 0.5) is 0 Å². The Bertz CT molecular complexity index is 185. The molecule has 0 aliphatic heterocycles. The van der Waals surface area contributed by atoms with Crippen LogP contribution in [-0.2, 0) is 9.59 Å². The number of hydrogen-bond donors (Lipinski definition) is 0. The molecule has 0 N–H and O–H groups in total. The van der Waals surface area contributed by atoms with Gasteiger partial charge in [-0.05, 0) is 19.3 Å². The van der Waals surface area contributed by atoms with Crippen molar-refractivity contribution < 1.29 is 9.59 Å². The molecule has 0 rings (SSSR count). The molecule has 0 aromatic carbocycles. The summed E-state index contributed by atoms with van der Waals surface area (Å²) in [4.78, 5) is 22.0. The Morgan fingerprint density at radius 1 is 1.23 bits per heavy atom. The van der Waals surface area contributed by atoms with Gasteiger partial charge in [0.2, 0.25) is 0 Å². The molecule has 0 amide bonds. The van der Waals surface area contributed by atoms with Crippen molar-refractivity contribution in [3.8, 4) is 0 Å². The van der Waals surface area contributed by atoms with E-state index in [0.717, 1.165) is 6.42 Å². The number of rotatable bonds is 6. The maximum absolute atomic E-state index is 11.3. The molecule has 0 aromatic rings. The zero-order chi connectivity index (χ0) is 10.4. The third-order valence-corrected chi connectivity index (χ3v) is 2.66. The van der Waals surface area contributed by atoms with Crippen molar-refractivity contribution in [1.29, 1.82) is 0 Å². The number of hydrogen-bond acceptors (Lipinski definition) is 2. The van der Waals surface area contributed by atoms with Gasteiger partial charge in [0.25, 0.3) is 0 Å². The molecule has 0 saturated carbocycles. The van der Waals surface area contributed by atoms with Gasteiger partial charge in [-0.15, -0.1) is 0 Å². The lowest BCUT2D eigenvalue weighted by atomic mass is 9.87. The van der Waals surface area contributed by atoms with Crippen molar-refractivity contribution in [3.63, 3.8) is 0 Å². The van der Waals surface area contributed by atoms with Crippen LogP contribution in [0.25, 0.3) is 0 Å². The molecule has 0 heterocycles. The van der Waals surface area contributed by atoms with E-state index in [0.29, 0.717) is 24.5 Å². The highest BCUT2D eigenvalue weighted by Gasteiger charge is 2.18. The number of carbonyl (C=O) groups excluding carboxylic acids is 2. The van der Waals surface area contributed by atoms with Crippen molar-refractivity contribution in [2.24, 2.45) is 11.8 Å². The first-order valence-electron chi connectivity index (χ1n) is 5.01. The van der Waals surface area contributed by atoms with Crippen molar-refractivity contribution in [1.82, 2.24) is 0 Å². The van der Waals surface area contributed by atoms with Crippen molar-refractivity contribution in [2.45, 2.75) is 47.0 Å². The molecule has 2 heteroatoms. The number of Topliss-reactive ketones (excluding diaryl/α,β-unsaturated/α-hetero) is 2. The molecule has 2 atom stereocenters. The van der Waals surface area contributed by atoms with Gasteiger partial charge in [-0.25, -0.2) is 0 Å². The lowest BCUT2D eigenvalue weighted by molar-refractivity contribution is -0.124. The molecule has 0 radical (unpaired) electrons. The van der Waals surface area contributed by atoms with Crippen molar-refractivity contribution >= 4 is 11.6 Å². The molecule has 13 heavy (non-hydrogen) atoms. The van der Waals surface area contributed by atoms with Crippen LogP contribution < -0.4 is 0 Å². The van der Waals surface area contributed by atoms with Crippen LogP contribution in [0.15, 0.2) is 0 Å². The second-order valence-electron chi connectivity index (χ2n) is 3.83. The highest BCUT2D eigenvalue weighted by Crippen LogP contribution is 2.18. The smallest absolute Gasteiger partial charge is 0.135 e. The number of carbonyl (C=O) groups is 2. The first kappa shape index (κ1) is 12.3. The molecular formula is C11H20O2. The van der Waals surface area contributed by atoms with Crippen LogP contribution in [0, 0.1) is 11.8 Å². The third-order valence-electron chi connectivity index (χ3n) is 2.66. The first-order valence-corrected chi connectivity index (χ1v) is 5.01. The van der Waals surface area contributed by atoms with E-state index >= 15 is 0 Å². The molecule has 2 nitrogen and oxygen atoms in total. The van der Waals surface area contributed by atoms with Crippen LogP contribution in [0.1, 0.15) is 47.0 Å². The average molecular weight is 184 g/mol. The standard InChI is InChI=1S/C11H20O2/c1-5-11(13)10(4)8(2)6-7-9(3)12/h8,10H,5-7H2,1-4H3. The highest BCUT2D eigenvalue weighted by atomic mass is 16.1. The molecular weight excluding hydrogens is 164 g/mol. The summed E-state index contributed by atoms with van der Waals surface area (Å²) in [5, 5.41) is 0. The molecule has 0 aliphatic rings. The Morgan fingerprint density at radius 3 is 2.15 bits per heavy atom. The van der Waals surface area contributed by atoms with E-state index in [1.807, 2.05) is 20.8 Å². The summed E-state index contributed by atoms with van der Waals surface area (Å²) in [6, 6.07) is 0. The molecule has 76 valence electrons. The summed E-state index contributed by atoms with van der Waals surface area (Å²) in [5.41, 5.74) is 0. The lowest BCUT2D eigenvalue weighted by Crippen LogP contribution is -2.18. The van der Waals surface area contributed by atoms with Gasteiger partial charge in [-0.1, -0.05) is 20.8 Å². The average Bonchev–Trinajstić information content (AvgIpc) is 2.11. The SMILES string of the molecule is CCC(=O)C(C)C(C)CCC(C)=O. The van der Waals surface area contributed by atoms with Crippen molar-refractivity contribution in [2.75, 3.05) is 0 Å². The van der Waals surface area contributed by atoms with Crippen LogP contribution in [-0.4, -0.2) is 11.6 Å². The Kier molecular flexibility index (Phi) is 5.60. The predicted molar refractivity (Wildman–Crippen MR) is 53.5 cm³/mol. The van der Waals surface area contributed by atoms with E-state index in [1.54, 1.807) is 6.92 Å². The summed E-state index contributed by atoms with van der Waals surface area (Å²) < 4.78 is 0.